The number of halogens is 1. The minimum Gasteiger partial charge on any atom is -0.490 e. The summed E-state index contributed by atoms with van der Waals surface area (Å²) < 4.78 is 20.7. The van der Waals surface area contributed by atoms with E-state index in [0.717, 1.165) is 51.8 Å². The van der Waals surface area contributed by atoms with E-state index in [9.17, 15) is 9.50 Å². The van der Waals surface area contributed by atoms with Gasteiger partial charge in [0.15, 0.2) is 0 Å². The van der Waals surface area contributed by atoms with Crippen LogP contribution in [0.1, 0.15) is 36.3 Å². The highest BCUT2D eigenvalue weighted by Gasteiger charge is 2.29. The summed E-state index contributed by atoms with van der Waals surface area (Å²) in [6.45, 7) is 6.08. The Kier molecular flexibility index (Phi) is 8.65. The summed E-state index contributed by atoms with van der Waals surface area (Å²) in [4.78, 5) is 25.2. The van der Waals surface area contributed by atoms with Crippen molar-refractivity contribution < 1.29 is 34.0 Å². The number of nitrogens with one attached hydrogen (secondary N) is 1. The molecule has 0 bridgehead atoms. The van der Waals surface area contributed by atoms with Crippen LogP contribution in [0.15, 0.2) is 48.5 Å². The zero-order valence-electron chi connectivity index (χ0n) is 21.2. The molecule has 0 saturated carbocycles. The summed E-state index contributed by atoms with van der Waals surface area (Å²) >= 11 is 1.78. The first kappa shape index (κ1) is 27.6. The maximum atomic E-state index is 13.5. The number of aliphatic carboxylic acids is 2. The summed E-state index contributed by atoms with van der Waals surface area (Å²) in [7, 11) is 0. The van der Waals surface area contributed by atoms with E-state index in [1.165, 1.54) is 10.9 Å². The average molecular weight is 543 g/mol. The molecule has 2 aromatic heterocycles. The number of piperidine rings is 1. The lowest BCUT2D eigenvalue weighted by atomic mass is 9.90. The van der Waals surface area contributed by atoms with Gasteiger partial charge in [-0.1, -0.05) is 6.07 Å². The van der Waals surface area contributed by atoms with Crippen molar-refractivity contribution in [3.8, 4) is 5.75 Å². The van der Waals surface area contributed by atoms with Crippen LogP contribution >= 0.6 is 11.3 Å². The van der Waals surface area contributed by atoms with Gasteiger partial charge in [0.25, 0.3) is 0 Å². The number of likely N-dealkylation sites (tertiary alicyclic amines) is 1. The van der Waals surface area contributed by atoms with Gasteiger partial charge in [0.1, 0.15) is 24.3 Å². The second kappa shape index (κ2) is 11.9. The van der Waals surface area contributed by atoms with E-state index >= 15 is 0 Å². The Morgan fingerprint density at radius 3 is 2.66 bits per heavy atom. The molecule has 1 fully saturated rings. The molecule has 0 spiro atoms. The third-order valence-corrected chi connectivity index (χ3v) is 8.01. The maximum absolute atomic E-state index is 13.5. The molecular formula is C28H31FN2O6S. The van der Waals surface area contributed by atoms with Gasteiger partial charge in [-0.2, -0.15) is 0 Å². The van der Waals surface area contributed by atoms with Crippen LogP contribution in [0.4, 0.5) is 4.39 Å². The second-order valence-electron chi connectivity index (χ2n) is 9.64. The van der Waals surface area contributed by atoms with Crippen molar-refractivity contribution >= 4 is 44.3 Å². The number of benzene rings is 2. The van der Waals surface area contributed by atoms with Gasteiger partial charge in [0, 0.05) is 38.8 Å². The highest BCUT2D eigenvalue weighted by molar-refractivity contribution is 7.19. The predicted molar refractivity (Wildman–Crippen MR) is 145 cm³/mol. The van der Waals surface area contributed by atoms with Gasteiger partial charge in [-0.05, 0) is 87.0 Å². The molecule has 1 saturated heterocycles. The van der Waals surface area contributed by atoms with Crippen molar-refractivity contribution in [2.45, 2.75) is 44.8 Å². The summed E-state index contributed by atoms with van der Waals surface area (Å²) in [5, 5.41) is 27.5. The number of aromatic nitrogens is 1. The fourth-order valence-corrected chi connectivity index (χ4v) is 6.08. The third-order valence-electron chi connectivity index (χ3n) is 6.73. The van der Waals surface area contributed by atoms with E-state index in [1.807, 2.05) is 31.2 Å². The Hall–Kier alpha value is -3.47. The van der Waals surface area contributed by atoms with Crippen molar-refractivity contribution in [3.05, 3.63) is 64.9 Å². The monoisotopic (exact) mass is 542 g/mol. The first-order valence-corrected chi connectivity index (χ1v) is 13.2. The van der Waals surface area contributed by atoms with E-state index in [4.69, 9.17) is 24.5 Å². The lowest BCUT2D eigenvalue weighted by molar-refractivity contribution is -0.159. The maximum Gasteiger partial charge on any atom is 0.414 e. The summed E-state index contributed by atoms with van der Waals surface area (Å²) in [5.74, 6) is -2.53. The molecule has 4 aromatic rings. The quantitative estimate of drug-likeness (QED) is 0.253. The Labute approximate surface area is 223 Å². The third kappa shape index (κ3) is 6.69. The normalized spacial score (nSPS) is 18.6. The number of fused-ring (bicyclic) bond motifs is 2. The summed E-state index contributed by atoms with van der Waals surface area (Å²) in [6.07, 6.45) is 1.55. The molecule has 10 heteroatoms. The first-order chi connectivity index (χ1) is 18.1. The van der Waals surface area contributed by atoms with Crippen LogP contribution < -0.4 is 4.74 Å². The second-order valence-corrected chi connectivity index (χ2v) is 10.8. The zero-order valence-corrected chi connectivity index (χ0v) is 22.0. The molecule has 1 aliphatic heterocycles. The van der Waals surface area contributed by atoms with Crippen molar-refractivity contribution in [3.63, 3.8) is 0 Å². The van der Waals surface area contributed by atoms with Crippen molar-refractivity contribution in [1.82, 2.24) is 9.88 Å². The van der Waals surface area contributed by atoms with Gasteiger partial charge >= 0.3 is 11.9 Å². The number of ether oxygens (including phenoxy) is 1. The molecule has 2 aromatic carbocycles. The Morgan fingerprint density at radius 1 is 1.18 bits per heavy atom. The number of aromatic amines is 1. The number of H-pyrrole nitrogens is 1. The highest BCUT2D eigenvalue weighted by atomic mass is 32.1. The number of nitrogens with zero attached hydrogens (tertiary/aromatic N) is 1. The number of aryl methyl sites for hydroxylation is 1. The minimum absolute atomic E-state index is 0.177. The standard InChI is InChI=1S/C26H29FN2O2S.C2H2O4/c1-16-10-22-23(28-16)4-3-5-24(22)31-15-21(30)14-29-9-8-18(11-17(29)2)26-13-19-12-20(27)6-7-25(19)32-26;3-1(4)2(5)6/h3-7,10,12-13,17-18,21,28,30H,8-9,11,14-15H2,1-2H3;(H,3,4)(H,5,6)/t17-,18-,21-;/m0./s1. The molecule has 202 valence electrons. The van der Waals surface area contributed by atoms with Crippen molar-refractivity contribution in [2.75, 3.05) is 19.7 Å². The predicted octanol–water partition coefficient (Wildman–Crippen LogP) is 4.99. The van der Waals surface area contributed by atoms with E-state index < -0.39 is 18.0 Å². The fourth-order valence-electron chi connectivity index (χ4n) is 4.89. The van der Waals surface area contributed by atoms with Crippen LogP contribution in [0.2, 0.25) is 0 Å². The Bertz CT molecular complexity index is 1420. The van der Waals surface area contributed by atoms with Gasteiger partial charge in [-0.3, -0.25) is 4.90 Å². The van der Waals surface area contributed by atoms with Gasteiger partial charge in [-0.15, -0.1) is 11.3 Å². The number of β-amino-alcohol motifs (C(OH)–C–C–N with tert-alkyl or cyclic N) is 1. The SMILES string of the molecule is Cc1cc2c(OC[C@@H](O)CN3CC[C@H](c4cc5cc(F)ccc5s4)C[C@@H]3C)cccc2[nH]1.O=C(O)C(=O)O. The molecular weight excluding hydrogens is 511 g/mol. The van der Waals surface area contributed by atoms with E-state index in [-0.39, 0.29) is 12.4 Å². The Balaban J connectivity index is 0.000000505. The molecule has 0 unspecified atom stereocenters. The number of rotatable bonds is 6. The van der Waals surface area contributed by atoms with Crippen LogP contribution in [0.25, 0.3) is 21.0 Å². The molecule has 8 nitrogen and oxygen atoms in total. The van der Waals surface area contributed by atoms with Gasteiger partial charge in [-0.25, -0.2) is 14.0 Å². The summed E-state index contributed by atoms with van der Waals surface area (Å²) in [5.41, 5.74) is 2.14. The van der Waals surface area contributed by atoms with Crippen molar-refractivity contribution in [2.24, 2.45) is 0 Å². The number of carboxylic acid groups (broad SMARTS) is 2. The van der Waals surface area contributed by atoms with Crippen LogP contribution in [0.3, 0.4) is 0 Å². The molecule has 3 atom stereocenters. The number of hydrogen-bond acceptors (Lipinski definition) is 6. The highest BCUT2D eigenvalue weighted by Crippen LogP contribution is 2.38. The molecule has 5 rings (SSSR count). The van der Waals surface area contributed by atoms with Crippen molar-refractivity contribution in [1.29, 1.82) is 0 Å². The fraction of sp³-hybridized carbons (Fsp3) is 0.357. The van der Waals surface area contributed by atoms with Crippen LogP contribution in [0, 0.1) is 12.7 Å². The topological polar surface area (TPSA) is 123 Å². The molecule has 38 heavy (non-hydrogen) atoms. The smallest absolute Gasteiger partial charge is 0.414 e. The van der Waals surface area contributed by atoms with Gasteiger partial charge in [0.2, 0.25) is 0 Å². The summed E-state index contributed by atoms with van der Waals surface area (Å²) in [6, 6.07) is 15.6. The number of carbonyl (C=O) groups is 2. The van der Waals surface area contributed by atoms with Gasteiger partial charge in [0.05, 0.1) is 0 Å². The molecule has 0 amide bonds. The van der Waals surface area contributed by atoms with E-state index in [2.05, 4.69) is 28.9 Å². The van der Waals surface area contributed by atoms with Gasteiger partial charge < -0.3 is 25.0 Å². The Morgan fingerprint density at radius 2 is 1.95 bits per heavy atom. The van der Waals surface area contributed by atoms with Crippen LogP contribution in [-0.2, 0) is 9.59 Å². The molecule has 1 aliphatic rings. The lowest BCUT2D eigenvalue weighted by Crippen LogP contribution is -2.45. The van der Waals surface area contributed by atoms with Crippen LogP contribution in [0.5, 0.6) is 5.75 Å². The number of aliphatic hydroxyl groups excluding tert-OH is 1. The lowest BCUT2D eigenvalue weighted by Gasteiger charge is -2.38. The molecule has 0 radical (unpaired) electrons. The van der Waals surface area contributed by atoms with Crippen LogP contribution in [-0.4, -0.2) is 69.0 Å². The number of hydrogen-bond donors (Lipinski definition) is 4. The molecule has 0 aliphatic carbocycles. The number of thiophene rings is 1. The zero-order chi connectivity index (χ0) is 27.4. The number of carboxylic acids is 2. The first-order valence-electron chi connectivity index (χ1n) is 12.4. The largest absolute Gasteiger partial charge is 0.490 e. The van der Waals surface area contributed by atoms with E-state index in [1.54, 1.807) is 17.4 Å². The molecule has 4 N–H and O–H groups in total. The minimum atomic E-state index is -1.82. The average Bonchev–Trinajstić information content (AvgIpc) is 3.46. The number of aliphatic hydroxyl groups is 1. The molecule has 3 heterocycles. The van der Waals surface area contributed by atoms with E-state index in [0.29, 0.717) is 18.5 Å².